The number of nitrogens with two attached hydrogens (primary N) is 1. The number of rotatable bonds is 8. The van der Waals surface area contributed by atoms with Crippen LogP contribution in [0.4, 0.5) is 5.69 Å². The van der Waals surface area contributed by atoms with Crippen molar-refractivity contribution in [1.29, 1.82) is 0 Å². The summed E-state index contributed by atoms with van der Waals surface area (Å²) < 4.78 is 5.60. The number of halogens is 1. The second-order valence-electron chi connectivity index (χ2n) is 4.79. The Morgan fingerprint density at radius 3 is 2.85 bits per heavy atom. The van der Waals surface area contributed by atoms with E-state index in [1.54, 1.807) is 0 Å². The molecule has 20 heavy (non-hydrogen) atoms. The Labute approximate surface area is 127 Å². The van der Waals surface area contributed by atoms with Crippen LogP contribution in [0.15, 0.2) is 24.3 Å². The van der Waals surface area contributed by atoms with Crippen molar-refractivity contribution in [2.24, 2.45) is 5.73 Å². The lowest BCUT2D eigenvalue weighted by molar-refractivity contribution is -0.116. The maximum absolute atomic E-state index is 11.7. The monoisotopic (exact) mass is 300 g/mol. The quantitative estimate of drug-likeness (QED) is 0.724. The second kappa shape index (κ2) is 10.5. The third kappa shape index (κ3) is 8.02. The molecule has 0 aliphatic rings. The maximum Gasteiger partial charge on any atom is 0.224 e. The van der Waals surface area contributed by atoms with E-state index in [9.17, 15) is 4.79 Å². The van der Waals surface area contributed by atoms with Crippen LogP contribution in [-0.2, 0) is 4.79 Å². The Hall–Kier alpha value is -1.26. The van der Waals surface area contributed by atoms with Gasteiger partial charge >= 0.3 is 0 Å². The molecule has 5 heteroatoms. The smallest absolute Gasteiger partial charge is 0.224 e. The van der Waals surface area contributed by atoms with Crippen molar-refractivity contribution in [1.82, 2.24) is 0 Å². The molecule has 1 rings (SSSR count). The number of hydrogen-bond donors (Lipinski definition) is 2. The number of ether oxygens (including phenoxy) is 1. The van der Waals surface area contributed by atoms with Crippen LogP contribution in [-0.4, -0.2) is 18.6 Å². The van der Waals surface area contributed by atoms with E-state index in [2.05, 4.69) is 12.2 Å². The van der Waals surface area contributed by atoms with Crippen molar-refractivity contribution in [2.75, 3.05) is 11.9 Å². The molecule has 0 aliphatic heterocycles. The molecule has 3 N–H and O–H groups in total. The molecule has 0 heterocycles. The summed E-state index contributed by atoms with van der Waals surface area (Å²) in [6.07, 6.45) is 3.27. The zero-order valence-corrected chi connectivity index (χ0v) is 13.0. The van der Waals surface area contributed by atoms with Crippen LogP contribution in [0.2, 0.25) is 0 Å². The molecule has 0 spiro atoms. The summed E-state index contributed by atoms with van der Waals surface area (Å²) in [5.74, 6) is 0.779. The predicted octanol–water partition coefficient (Wildman–Crippen LogP) is 3.35. The van der Waals surface area contributed by atoms with Crippen molar-refractivity contribution < 1.29 is 9.53 Å². The van der Waals surface area contributed by atoms with E-state index >= 15 is 0 Å². The maximum atomic E-state index is 11.7. The standard InChI is InChI=1S/C15H24N2O2.ClH/c1-3-4-10-19-14-7-5-6-13(11-14)17-15(18)9-8-12(2)16;/h5-7,11-12H,3-4,8-10,16H2,1-2H3,(H,17,18);1H. The normalized spacial score (nSPS) is 11.3. The van der Waals surface area contributed by atoms with E-state index in [-0.39, 0.29) is 24.4 Å². The lowest BCUT2D eigenvalue weighted by Gasteiger charge is -2.09. The number of hydrogen-bond acceptors (Lipinski definition) is 3. The SMILES string of the molecule is CCCCOc1cccc(NC(=O)CCC(C)N)c1.Cl. The molecule has 0 aliphatic carbocycles. The first kappa shape index (κ1) is 18.7. The topological polar surface area (TPSA) is 64.3 Å². The Morgan fingerprint density at radius 2 is 2.20 bits per heavy atom. The van der Waals surface area contributed by atoms with Crippen molar-refractivity contribution in [2.45, 2.75) is 45.6 Å². The first-order valence-electron chi connectivity index (χ1n) is 6.90. The van der Waals surface area contributed by atoms with Gasteiger partial charge in [0.05, 0.1) is 6.61 Å². The minimum absolute atomic E-state index is 0. The molecule has 1 amide bonds. The first-order valence-corrected chi connectivity index (χ1v) is 6.90. The third-order valence-electron chi connectivity index (χ3n) is 2.71. The van der Waals surface area contributed by atoms with E-state index in [1.165, 1.54) is 0 Å². The summed E-state index contributed by atoms with van der Waals surface area (Å²) in [7, 11) is 0. The van der Waals surface area contributed by atoms with Crippen LogP contribution in [0.1, 0.15) is 39.5 Å². The number of anilines is 1. The molecule has 114 valence electrons. The summed E-state index contributed by atoms with van der Waals surface area (Å²) in [5.41, 5.74) is 6.39. The molecule has 1 aromatic carbocycles. The van der Waals surface area contributed by atoms with Crippen LogP contribution in [0.3, 0.4) is 0 Å². The molecule has 0 aromatic heterocycles. The van der Waals surface area contributed by atoms with Crippen molar-refractivity contribution in [3.63, 3.8) is 0 Å². The van der Waals surface area contributed by atoms with Crippen LogP contribution in [0, 0.1) is 0 Å². The van der Waals surface area contributed by atoms with Gasteiger partial charge in [-0.15, -0.1) is 12.4 Å². The van der Waals surface area contributed by atoms with Gasteiger partial charge in [0.2, 0.25) is 5.91 Å². The fraction of sp³-hybridized carbons (Fsp3) is 0.533. The van der Waals surface area contributed by atoms with Gasteiger partial charge in [0.1, 0.15) is 5.75 Å². The highest BCUT2D eigenvalue weighted by Crippen LogP contribution is 2.18. The minimum Gasteiger partial charge on any atom is -0.494 e. The average Bonchev–Trinajstić information content (AvgIpc) is 2.37. The highest BCUT2D eigenvalue weighted by atomic mass is 35.5. The Bertz CT molecular complexity index is 397. The molecular formula is C15H25ClN2O2. The molecule has 0 saturated heterocycles. The lowest BCUT2D eigenvalue weighted by Crippen LogP contribution is -2.19. The Morgan fingerprint density at radius 1 is 1.45 bits per heavy atom. The zero-order chi connectivity index (χ0) is 14.1. The molecule has 0 radical (unpaired) electrons. The molecule has 1 aromatic rings. The molecular weight excluding hydrogens is 276 g/mol. The summed E-state index contributed by atoms with van der Waals surface area (Å²) in [6.45, 7) is 4.73. The van der Waals surface area contributed by atoms with Crippen molar-refractivity contribution >= 4 is 24.0 Å². The van der Waals surface area contributed by atoms with E-state index in [4.69, 9.17) is 10.5 Å². The Kier molecular flexibility index (Phi) is 9.86. The highest BCUT2D eigenvalue weighted by molar-refractivity contribution is 5.90. The molecule has 0 fully saturated rings. The van der Waals surface area contributed by atoms with Gasteiger partial charge in [-0.1, -0.05) is 19.4 Å². The van der Waals surface area contributed by atoms with Crippen LogP contribution in [0.25, 0.3) is 0 Å². The highest BCUT2D eigenvalue weighted by Gasteiger charge is 2.05. The van der Waals surface area contributed by atoms with Gasteiger partial charge < -0.3 is 15.8 Å². The number of nitrogens with one attached hydrogen (secondary N) is 1. The van der Waals surface area contributed by atoms with E-state index < -0.39 is 0 Å². The first-order chi connectivity index (χ1) is 9.11. The van der Waals surface area contributed by atoms with Crippen LogP contribution < -0.4 is 15.8 Å². The zero-order valence-electron chi connectivity index (χ0n) is 12.2. The van der Waals surface area contributed by atoms with Gasteiger partial charge in [-0.25, -0.2) is 0 Å². The average molecular weight is 301 g/mol. The largest absolute Gasteiger partial charge is 0.494 e. The minimum atomic E-state index is -0.0111. The fourth-order valence-electron chi connectivity index (χ4n) is 1.58. The number of amides is 1. The molecule has 0 bridgehead atoms. The van der Waals surface area contributed by atoms with Gasteiger partial charge in [0.15, 0.2) is 0 Å². The Balaban J connectivity index is 0.00000361. The second-order valence-corrected chi connectivity index (χ2v) is 4.79. The van der Waals surface area contributed by atoms with E-state index in [1.807, 2.05) is 31.2 Å². The van der Waals surface area contributed by atoms with Crippen LogP contribution in [0.5, 0.6) is 5.75 Å². The number of benzene rings is 1. The third-order valence-corrected chi connectivity index (χ3v) is 2.71. The molecule has 0 saturated carbocycles. The summed E-state index contributed by atoms with van der Waals surface area (Å²) in [4.78, 5) is 11.7. The van der Waals surface area contributed by atoms with Gasteiger partial charge in [0.25, 0.3) is 0 Å². The van der Waals surface area contributed by atoms with Crippen molar-refractivity contribution in [3.8, 4) is 5.75 Å². The van der Waals surface area contributed by atoms with Crippen molar-refractivity contribution in [3.05, 3.63) is 24.3 Å². The van der Waals surface area contributed by atoms with Crippen LogP contribution >= 0.6 is 12.4 Å². The summed E-state index contributed by atoms with van der Waals surface area (Å²) >= 11 is 0. The van der Waals surface area contributed by atoms with Gasteiger partial charge in [-0.05, 0) is 31.9 Å². The molecule has 1 unspecified atom stereocenters. The predicted molar refractivity (Wildman–Crippen MR) is 85.6 cm³/mol. The number of carbonyl (C=O) groups excluding carboxylic acids is 1. The molecule has 4 nitrogen and oxygen atoms in total. The summed E-state index contributed by atoms with van der Waals surface area (Å²) in [5, 5.41) is 2.85. The van der Waals surface area contributed by atoms with E-state index in [0.29, 0.717) is 19.4 Å². The fourth-order valence-corrected chi connectivity index (χ4v) is 1.58. The van der Waals surface area contributed by atoms with Gasteiger partial charge in [0, 0.05) is 24.2 Å². The molecule has 1 atom stereocenters. The van der Waals surface area contributed by atoms with E-state index in [0.717, 1.165) is 24.3 Å². The van der Waals surface area contributed by atoms with Gasteiger partial charge in [-0.3, -0.25) is 4.79 Å². The number of carbonyl (C=O) groups is 1. The van der Waals surface area contributed by atoms with Gasteiger partial charge in [-0.2, -0.15) is 0 Å². The number of unbranched alkanes of at least 4 members (excludes halogenated alkanes) is 1. The summed E-state index contributed by atoms with van der Waals surface area (Å²) in [6, 6.07) is 7.53. The lowest BCUT2D eigenvalue weighted by atomic mass is 10.2.